The third-order valence-corrected chi connectivity index (χ3v) is 6.25. The molecule has 4 aromatic carbocycles. The molecule has 44 heavy (non-hydrogen) atoms. The first-order valence-electron chi connectivity index (χ1n) is 12.5. The van der Waals surface area contributed by atoms with Gasteiger partial charge in [-0.3, -0.25) is 0 Å². The molecule has 4 nitrogen and oxygen atoms in total. The number of ether oxygens (including phenoxy) is 2. The average Bonchev–Trinajstić information content (AvgIpc) is 2.93. The van der Waals surface area contributed by atoms with E-state index in [-0.39, 0.29) is 11.6 Å². The second-order valence-corrected chi connectivity index (χ2v) is 9.43. The molecule has 13 heteroatoms. The summed E-state index contributed by atoms with van der Waals surface area (Å²) in [4.78, 5) is 8.49. The summed E-state index contributed by atoms with van der Waals surface area (Å²) in [6.07, 6.45) is -6.68. The van der Waals surface area contributed by atoms with Crippen LogP contribution in [0.2, 0.25) is 0 Å². The Morgan fingerprint density at radius 1 is 0.568 bits per heavy atom. The smallest absolute Gasteiger partial charge is 0.429 e. The predicted octanol–water partition coefficient (Wildman–Crippen LogP) is 9.37. The fraction of sp³-hybridized carbons (Fsp3) is 0.0968. The van der Waals surface area contributed by atoms with Gasteiger partial charge in [-0.25, -0.2) is 27.5 Å². The van der Waals surface area contributed by atoms with Crippen molar-refractivity contribution in [3.05, 3.63) is 120 Å². The molecule has 1 heterocycles. The van der Waals surface area contributed by atoms with Gasteiger partial charge in [0.15, 0.2) is 17.4 Å². The molecule has 1 aromatic heterocycles. The lowest BCUT2D eigenvalue weighted by Gasteiger charge is -2.20. The van der Waals surface area contributed by atoms with Crippen molar-refractivity contribution in [3.63, 3.8) is 0 Å². The normalized spacial score (nSPS) is 11.9. The zero-order valence-electron chi connectivity index (χ0n) is 22.2. The Kier molecular flexibility index (Phi) is 7.98. The minimum Gasteiger partial charge on any atom is -0.429 e. The summed E-state index contributed by atoms with van der Waals surface area (Å²) in [6.45, 7) is 1.85. The van der Waals surface area contributed by atoms with Crippen molar-refractivity contribution in [3.8, 4) is 45.1 Å². The van der Waals surface area contributed by atoms with Crippen LogP contribution in [0.1, 0.15) is 11.1 Å². The maximum absolute atomic E-state index is 15.1. The molecule has 0 spiro atoms. The molecule has 0 radical (unpaired) electrons. The van der Waals surface area contributed by atoms with Gasteiger partial charge in [0.1, 0.15) is 28.8 Å². The third kappa shape index (κ3) is 6.61. The van der Waals surface area contributed by atoms with Gasteiger partial charge in [-0.05, 0) is 59.5 Å². The van der Waals surface area contributed by atoms with E-state index in [1.807, 2.05) is 6.92 Å². The predicted molar refractivity (Wildman–Crippen MR) is 141 cm³/mol. The van der Waals surface area contributed by atoms with Crippen molar-refractivity contribution >= 4 is 0 Å². The van der Waals surface area contributed by atoms with Crippen LogP contribution in [-0.2, 0) is 6.11 Å². The minimum atomic E-state index is -5.26. The zero-order chi connectivity index (χ0) is 31.8. The third-order valence-electron chi connectivity index (χ3n) is 6.25. The number of hydrogen-bond donors (Lipinski definition) is 0. The SMILES string of the molecule is Cc1cnc(-c2ccc(-c3ccc(-c4cc(F)c(C(F)(F)Oc5ccc(OC(F)(F)F)c(F)c5)c(F)c4)c(F)c3)cc2)nc1. The second-order valence-electron chi connectivity index (χ2n) is 9.43. The van der Waals surface area contributed by atoms with E-state index in [0.717, 1.165) is 17.2 Å². The maximum atomic E-state index is 15.1. The van der Waals surface area contributed by atoms with E-state index in [9.17, 15) is 35.1 Å². The quantitative estimate of drug-likeness (QED) is 0.170. The Balaban J connectivity index is 1.37. The number of rotatable bonds is 7. The van der Waals surface area contributed by atoms with E-state index in [0.29, 0.717) is 41.2 Å². The standard InChI is InChI=1S/C31H17F9N2O2/c1-16-14-41-29(42-15-16)18-4-2-17(3-5-18)19-6-8-22(23(32)10-19)20-11-25(34)28(26(35)12-20)30(36,37)43-21-7-9-27(24(33)13-21)44-31(38,39)40/h2-15H,1H3. The van der Waals surface area contributed by atoms with Crippen LogP contribution in [-0.4, -0.2) is 16.3 Å². The summed E-state index contributed by atoms with van der Waals surface area (Å²) in [6, 6.07) is 12.6. The topological polar surface area (TPSA) is 44.2 Å². The lowest BCUT2D eigenvalue weighted by Crippen LogP contribution is -2.25. The van der Waals surface area contributed by atoms with Gasteiger partial charge >= 0.3 is 12.5 Å². The van der Waals surface area contributed by atoms with Crippen molar-refractivity contribution < 1.29 is 49.0 Å². The molecule has 0 saturated heterocycles. The molecule has 0 unspecified atom stereocenters. The molecule has 226 valence electrons. The highest BCUT2D eigenvalue weighted by atomic mass is 19.4. The molecule has 0 aliphatic rings. The lowest BCUT2D eigenvalue weighted by molar-refractivity contribution is -0.275. The Morgan fingerprint density at radius 3 is 1.70 bits per heavy atom. The van der Waals surface area contributed by atoms with Crippen LogP contribution in [0.15, 0.2) is 85.2 Å². The molecular formula is C31H17F9N2O2. The average molecular weight is 620 g/mol. The van der Waals surface area contributed by atoms with E-state index >= 15 is 4.39 Å². The first kappa shape index (κ1) is 30.4. The number of aromatic nitrogens is 2. The zero-order valence-corrected chi connectivity index (χ0v) is 22.2. The first-order chi connectivity index (χ1) is 20.7. The summed E-state index contributed by atoms with van der Waals surface area (Å²) < 4.78 is 133. The fourth-order valence-corrected chi connectivity index (χ4v) is 4.24. The van der Waals surface area contributed by atoms with E-state index in [2.05, 4.69) is 19.4 Å². The Morgan fingerprint density at radius 2 is 1.14 bits per heavy atom. The van der Waals surface area contributed by atoms with Crippen molar-refractivity contribution in [2.45, 2.75) is 19.4 Å². The number of alkyl halides is 5. The van der Waals surface area contributed by atoms with Crippen LogP contribution in [0.5, 0.6) is 11.5 Å². The van der Waals surface area contributed by atoms with Gasteiger partial charge in [0.25, 0.3) is 0 Å². The molecule has 0 saturated carbocycles. The van der Waals surface area contributed by atoms with Crippen LogP contribution >= 0.6 is 0 Å². The minimum absolute atomic E-state index is 0.125. The highest BCUT2D eigenvalue weighted by molar-refractivity contribution is 5.73. The lowest BCUT2D eigenvalue weighted by atomic mass is 9.97. The molecule has 0 aliphatic carbocycles. The number of nitrogens with zero attached hydrogens (tertiary/aromatic N) is 2. The van der Waals surface area contributed by atoms with E-state index in [4.69, 9.17) is 0 Å². The fourth-order valence-electron chi connectivity index (χ4n) is 4.24. The van der Waals surface area contributed by atoms with Crippen LogP contribution in [0.3, 0.4) is 0 Å². The van der Waals surface area contributed by atoms with Crippen LogP contribution in [0.4, 0.5) is 39.5 Å². The van der Waals surface area contributed by atoms with Gasteiger partial charge in [-0.1, -0.05) is 36.4 Å². The van der Waals surface area contributed by atoms with Crippen molar-refractivity contribution in [1.82, 2.24) is 9.97 Å². The number of benzene rings is 4. The van der Waals surface area contributed by atoms with Crippen molar-refractivity contribution in [2.75, 3.05) is 0 Å². The summed E-state index contributed by atoms with van der Waals surface area (Å²) in [7, 11) is 0. The maximum Gasteiger partial charge on any atom is 0.573 e. The Labute approximate surface area is 243 Å². The van der Waals surface area contributed by atoms with Crippen LogP contribution in [0, 0.1) is 30.2 Å². The molecule has 5 aromatic rings. The van der Waals surface area contributed by atoms with Crippen LogP contribution < -0.4 is 9.47 Å². The molecule has 0 atom stereocenters. The molecular weight excluding hydrogens is 603 g/mol. The van der Waals surface area contributed by atoms with E-state index in [1.165, 1.54) is 12.1 Å². The molecule has 0 fully saturated rings. The molecule has 5 rings (SSSR count). The molecule has 0 aliphatic heterocycles. The van der Waals surface area contributed by atoms with Gasteiger partial charge < -0.3 is 9.47 Å². The van der Waals surface area contributed by atoms with Gasteiger partial charge in [-0.2, -0.15) is 8.78 Å². The highest BCUT2D eigenvalue weighted by Crippen LogP contribution is 2.39. The Bertz CT molecular complexity index is 1800. The summed E-state index contributed by atoms with van der Waals surface area (Å²) in [5.41, 5.74) is 0.0391. The van der Waals surface area contributed by atoms with Gasteiger partial charge in [-0.15, -0.1) is 13.2 Å². The summed E-state index contributed by atoms with van der Waals surface area (Å²) >= 11 is 0. The van der Waals surface area contributed by atoms with Crippen molar-refractivity contribution in [2.24, 2.45) is 0 Å². The van der Waals surface area contributed by atoms with Crippen LogP contribution in [0.25, 0.3) is 33.6 Å². The van der Waals surface area contributed by atoms with Crippen molar-refractivity contribution in [1.29, 1.82) is 0 Å². The van der Waals surface area contributed by atoms with Gasteiger partial charge in [0, 0.05) is 29.6 Å². The van der Waals surface area contributed by atoms with E-state index < -0.39 is 58.4 Å². The van der Waals surface area contributed by atoms with Gasteiger partial charge in [0.05, 0.1) is 0 Å². The Hall–Kier alpha value is -5.07. The first-order valence-corrected chi connectivity index (χ1v) is 12.5. The van der Waals surface area contributed by atoms with Gasteiger partial charge in [0.2, 0.25) is 0 Å². The highest BCUT2D eigenvalue weighted by Gasteiger charge is 2.41. The monoisotopic (exact) mass is 620 g/mol. The largest absolute Gasteiger partial charge is 0.573 e. The number of halogens is 9. The summed E-state index contributed by atoms with van der Waals surface area (Å²) in [5, 5.41) is 0. The molecule has 0 N–H and O–H groups in total. The molecule has 0 bridgehead atoms. The molecule has 0 amide bonds. The number of hydrogen-bond acceptors (Lipinski definition) is 4. The number of aryl methyl sites for hydroxylation is 1. The second kappa shape index (κ2) is 11.5. The summed E-state index contributed by atoms with van der Waals surface area (Å²) in [5.74, 6) is -8.16. The van der Waals surface area contributed by atoms with E-state index in [1.54, 1.807) is 36.7 Å².